The van der Waals surface area contributed by atoms with Crippen LogP contribution >= 0.6 is 0 Å². The molecule has 3 aromatic carbocycles. The molecule has 3 heterocycles. The lowest BCUT2D eigenvalue weighted by Gasteiger charge is -2.30. The van der Waals surface area contributed by atoms with Crippen LogP contribution in [-0.4, -0.2) is 50.1 Å². The lowest BCUT2D eigenvalue weighted by molar-refractivity contribution is -0.136. The second-order valence-corrected chi connectivity index (χ2v) is 11.3. The number of rotatable bonds is 4. The fourth-order valence-corrected chi connectivity index (χ4v) is 5.67. The van der Waals surface area contributed by atoms with Crippen molar-refractivity contribution in [3.63, 3.8) is 0 Å². The summed E-state index contributed by atoms with van der Waals surface area (Å²) in [5, 5.41) is 15.0. The summed E-state index contributed by atoms with van der Waals surface area (Å²) < 4.78 is 36.7. The number of H-pyrrole nitrogens is 2. The third-order valence-corrected chi connectivity index (χ3v) is 8.23. The predicted molar refractivity (Wildman–Crippen MR) is 163 cm³/mol. The van der Waals surface area contributed by atoms with Crippen LogP contribution in [0.15, 0.2) is 61.1 Å². The molecule has 12 heteroatoms. The van der Waals surface area contributed by atoms with Crippen LogP contribution in [0.25, 0.3) is 22.4 Å². The van der Waals surface area contributed by atoms with Crippen molar-refractivity contribution >= 4 is 23.0 Å². The van der Waals surface area contributed by atoms with Crippen molar-refractivity contribution in [3.8, 4) is 22.9 Å². The van der Waals surface area contributed by atoms with Crippen LogP contribution < -0.4 is 15.4 Å². The zero-order valence-electron chi connectivity index (χ0n) is 24.5. The Kier molecular flexibility index (Phi) is 8.20. The Morgan fingerprint density at radius 3 is 2.78 bits per heavy atom. The second kappa shape index (κ2) is 12.4. The number of halogens is 2. The fourth-order valence-electron chi connectivity index (χ4n) is 5.67. The van der Waals surface area contributed by atoms with E-state index in [2.05, 4.69) is 30.6 Å². The Balaban J connectivity index is 1.42. The van der Waals surface area contributed by atoms with Crippen LogP contribution in [0.2, 0.25) is 0 Å². The van der Waals surface area contributed by atoms with Crippen molar-refractivity contribution in [1.82, 2.24) is 30.6 Å². The number of carbonyl (C=O) groups excluding carboxylic acids is 1. The average molecular weight is 615 g/mol. The van der Waals surface area contributed by atoms with Crippen molar-refractivity contribution in [2.24, 2.45) is 0 Å². The molecule has 0 radical (unpaired) electrons. The minimum absolute atomic E-state index is 0.00876. The minimum Gasteiger partial charge on any atom is -0.481 e. The number of fused-ring (bicyclic) bond motifs is 8. The zero-order chi connectivity index (χ0) is 31.6. The molecule has 45 heavy (non-hydrogen) atoms. The van der Waals surface area contributed by atoms with E-state index in [0.29, 0.717) is 54.5 Å². The number of hydrogen-bond acceptors (Lipinski definition) is 5. The molecular formula is C33H32F2N6O4. The number of hydrogen-bond donors (Lipinski definition) is 5. The average Bonchev–Trinajstić information content (AvgIpc) is 3.71. The van der Waals surface area contributed by atoms with Crippen molar-refractivity contribution < 1.29 is 28.2 Å². The number of nitrogens with zero attached hydrogens (tertiary/aromatic N) is 2. The van der Waals surface area contributed by atoms with Gasteiger partial charge in [-0.15, -0.1) is 0 Å². The SMILES string of the molecule is CC1(c2cccc(CCC(=O)O)c2)CNC(=O)NCCCCc2c(c(F)cc3[nH]cnc23)Oc2ccc(F)c(c2)-c2ncc1[nH]2. The van der Waals surface area contributed by atoms with Gasteiger partial charge in [0, 0.05) is 43.0 Å². The number of carboxylic acids is 1. The number of carboxylic acid groups (broad SMARTS) is 1. The molecule has 10 nitrogen and oxygen atoms in total. The Morgan fingerprint density at radius 1 is 1.07 bits per heavy atom. The lowest BCUT2D eigenvalue weighted by atomic mass is 9.79. The first-order chi connectivity index (χ1) is 21.7. The summed E-state index contributed by atoms with van der Waals surface area (Å²) in [6.45, 7) is 2.47. The van der Waals surface area contributed by atoms with Crippen LogP contribution in [-0.2, 0) is 23.1 Å². The molecule has 0 aliphatic carbocycles. The van der Waals surface area contributed by atoms with Gasteiger partial charge in [-0.2, -0.15) is 0 Å². The van der Waals surface area contributed by atoms with Gasteiger partial charge in [-0.25, -0.2) is 23.5 Å². The highest BCUT2D eigenvalue weighted by Gasteiger charge is 2.32. The minimum atomic E-state index is -0.895. The summed E-state index contributed by atoms with van der Waals surface area (Å²) in [7, 11) is 0. The third kappa shape index (κ3) is 6.21. The highest BCUT2D eigenvalue weighted by molar-refractivity contribution is 5.81. The number of aromatic nitrogens is 4. The Hall–Kier alpha value is -5.26. The molecule has 1 aliphatic rings. The number of aryl methyl sites for hydroxylation is 2. The van der Waals surface area contributed by atoms with Gasteiger partial charge >= 0.3 is 12.0 Å². The van der Waals surface area contributed by atoms with E-state index in [9.17, 15) is 14.7 Å². The molecule has 4 bridgehead atoms. The molecule has 1 unspecified atom stereocenters. The molecule has 2 amide bonds. The Bertz CT molecular complexity index is 1890. The Labute approximate surface area is 257 Å². The smallest absolute Gasteiger partial charge is 0.314 e. The number of carbonyl (C=O) groups is 2. The largest absolute Gasteiger partial charge is 0.481 e. The van der Waals surface area contributed by atoms with Crippen molar-refractivity contribution in [3.05, 3.63) is 95.1 Å². The molecule has 0 fully saturated rings. The maximum Gasteiger partial charge on any atom is 0.314 e. The third-order valence-electron chi connectivity index (χ3n) is 8.23. The van der Waals surface area contributed by atoms with Crippen LogP contribution in [0, 0.1) is 11.6 Å². The van der Waals surface area contributed by atoms with E-state index in [-0.39, 0.29) is 41.9 Å². The number of benzene rings is 3. The number of aromatic amines is 2. The summed E-state index contributed by atoms with van der Waals surface area (Å²) in [5.41, 5.74) is 3.19. The summed E-state index contributed by atoms with van der Waals surface area (Å²) in [5.74, 6) is -1.58. The summed E-state index contributed by atoms with van der Waals surface area (Å²) >= 11 is 0. The molecular weight excluding hydrogens is 582 g/mol. The first-order valence-electron chi connectivity index (χ1n) is 14.7. The van der Waals surface area contributed by atoms with Gasteiger partial charge in [0.1, 0.15) is 17.4 Å². The molecule has 0 saturated heterocycles. The molecule has 5 N–H and O–H groups in total. The van der Waals surface area contributed by atoms with Gasteiger partial charge in [-0.3, -0.25) is 4.79 Å². The number of nitrogens with one attached hydrogen (secondary N) is 4. The van der Waals surface area contributed by atoms with Crippen LogP contribution in [0.1, 0.15) is 48.6 Å². The normalized spacial score (nSPS) is 17.4. The highest BCUT2D eigenvalue weighted by Crippen LogP contribution is 2.37. The number of ether oxygens (including phenoxy) is 1. The van der Waals surface area contributed by atoms with Gasteiger partial charge in [0.25, 0.3) is 0 Å². The van der Waals surface area contributed by atoms with Crippen LogP contribution in [0.5, 0.6) is 11.5 Å². The maximum atomic E-state index is 15.4. The van der Waals surface area contributed by atoms with E-state index < -0.39 is 23.0 Å². The van der Waals surface area contributed by atoms with E-state index in [1.165, 1.54) is 30.6 Å². The molecule has 1 atom stereocenters. The Morgan fingerprint density at radius 2 is 1.93 bits per heavy atom. The maximum absolute atomic E-state index is 15.4. The van der Waals surface area contributed by atoms with Crippen molar-refractivity contribution in [1.29, 1.82) is 0 Å². The topological polar surface area (TPSA) is 145 Å². The quantitative estimate of drug-likeness (QED) is 0.168. The van der Waals surface area contributed by atoms with E-state index in [1.54, 1.807) is 6.20 Å². The van der Waals surface area contributed by atoms with E-state index in [0.717, 1.165) is 11.1 Å². The van der Waals surface area contributed by atoms with Gasteiger partial charge in [0.15, 0.2) is 11.6 Å². The predicted octanol–water partition coefficient (Wildman–Crippen LogP) is 5.98. The van der Waals surface area contributed by atoms with Gasteiger partial charge in [-0.05, 0) is 61.9 Å². The first-order valence-corrected chi connectivity index (χ1v) is 14.7. The summed E-state index contributed by atoms with van der Waals surface area (Å²) in [4.78, 5) is 39.1. The van der Waals surface area contributed by atoms with E-state index >= 15 is 8.78 Å². The fraction of sp³-hybridized carbons (Fsp3) is 0.273. The number of amides is 2. The monoisotopic (exact) mass is 614 g/mol. The molecule has 232 valence electrons. The van der Waals surface area contributed by atoms with Gasteiger partial charge < -0.3 is 30.4 Å². The van der Waals surface area contributed by atoms with Gasteiger partial charge in [0.05, 0.1) is 28.3 Å². The number of aliphatic carboxylic acids is 1. The number of urea groups is 1. The van der Waals surface area contributed by atoms with Gasteiger partial charge in [-0.1, -0.05) is 24.3 Å². The molecule has 6 rings (SSSR count). The standard InChI is InChI=1S/C33H32F2N6O4/c1-33(20-6-4-5-19(13-20)8-11-28(42)43)17-38-32(44)36-12-3-2-7-22-29-26(39-18-40-29)15-25(35)30(22)45-21-9-10-24(34)23(14-21)31-37-16-27(33)41-31/h4-6,9-10,13-16,18H,2-3,7-8,11-12,17H2,1H3,(H,37,41)(H,39,40)(H,42,43)(H2,36,38,44). The van der Waals surface area contributed by atoms with Crippen LogP contribution in [0.3, 0.4) is 0 Å². The summed E-state index contributed by atoms with van der Waals surface area (Å²) in [6, 6.07) is 12.6. The van der Waals surface area contributed by atoms with Crippen molar-refractivity contribution in [2.75, 3.05) is 13.1 Å². The highest BCUT2D eigenvalue weighted by atomic mass is 19.1. The van der Waals surface area contributed by atoms with E-state index in [1.807, 2.05) is 31.2 Å². The molecule has 0 saturated carbocycles. The first kappa shape index (κ1) is 29.8. The molecule has 5 aromatic rings. The lowest BCUT2D eigenvalue weighted by Crippen LogP contribution is -2.44. The molecule has 2 aromatic heterocycles. The van der Waals surface area contributed by atoms with E-state index in [4.69, 9.17) is 4.74 Å². The van der Waals surface area contributed by atoms with Gasteiger partial charge in [0.2, 0.25) is 0 Å². The summed E-state index contributed by atoms with van der Waals surface area (Å²) in [6.07, 6.45) is 5.07. The second-order valence-electron chi connectivity index (χ2n) is 11.3. The molecule has 0 spiro atoms. The zero-order valence-corrected chi connectivity index (χ0v) is 24.5. The number of imidazole rings is 2. The van der Waals surface area contributed by atoms with Crippen LogP contribution in [0.4, 0.5) is 13.6 Å². The van der Waals surface area contributed by atoms with Crippen molar-refractivity contribution in [2.45, 2.75) is 44.4 Å². The molecule has 1 aliphatic heterocycles.